The van der Waals surface area contributed by atoms with Crippen LogP contribution in [0.5, 0.6) is 0 Å². The minimum atomic E-state index is -0.760. The van der Waals surface area contributed by atoms with Gasteiger partial charge in [-0.05, 0) is 31.1 Å². The number of esters is 3. The van der Waals surface area contributed by atoms with Crippen LogP contribution < -0.4 is 0 Å². The van der Waals surface area contributed by atoms with Crippen molar-refractivity contribution in [2.45, 2.75) is 298 Å². The van der Waals surface area contributed by atoms with Crippen molar-refractivity contribution in [1.82, 2.24) is 0 Å². The fourth-order valence-corrected chi connectivity index (χ4v) is 7.93. The summed E-state index contributed by atoms with van der Waals surface area (Å²) in [5.41, 5.74) is 0. The number of ether oxygens (including phenoxy) is 3. The molecule has 0 aliphatic heterocycles. The highest BCUT2D eigenvalue weighted by molar-refractivity contribution is 5.71. The number of carbonyl (C=O) groups excluding carboxylic acids is 3. The molecular weight excluding hydrogens is 733 g/mol. The predicted molar refractivity (Wildman–Crippen MR) is 252 cm³/mol. The summed E-state index contributed by atoms with van der Waals surface area (Å²) >= 11 is 0. The second kappa shape index (κ2) is 45.9. The van der Waals surface area contributed by atoms with E-state index in [1.807, 2.05) is 0 Å². The van der Waals surface area contributed by atoms with Crippen molar-refractivity contribution in [3.8, 4) is 0 Å². The third kappa shape index (κ3) is 44.3. The van der Waals surface area contributed by atoms with Crippen molar-refractivity contribution in [3.63, 3.8) is 0 Å². The van der Waals surface area contributed by atoms with Crippen molar-refractivity contribution < 1.29 is 28.6 Å². The summed E-state index contributed by atoms with van der Waals surface area (Å²) in [5.74, 6) is 0.916. The van der Waals surface area contributed by atoms with E-state index in [0.717, 1.165) is 76.0 Å². The maximum absolute atomic E-state index is 12.7. The maximum atomic E-state index is 12.7. The molecule has 0 rings (SSSR count). The number of carbonyl (C=O) groups is 3. The topological polar surface area (TPSA) is 78.9 Å². The zero-order valence-electron chi connectivity index (χ0n) is 40.4. The summed E-state index contributed by atoms with van der Waals surface area (Å²) in [7, 11) is 0. The second-order valence-electron chi connectivity index (χ2n) is 18.6. The molecule has 0 aromatic heterocycles. The van der Waals surface area contributed by atoms with Crippen LogP contribution in [0, 0.1) is 11.8 Å². The van der Waals surface area contributed by atoms with Gasteiger partial charge in [0.1, 0.15) is 13.2 Å². The van der Waals surface area contributed by atoms with Crippen molar-refractivity contribution in [2.24, 2.45) is 11.8 Å². The maximum Gasteiger partial charge on any atom is 0.306 e. The van der Waals surface area contributed by atoms with Crippen molar-refractivity contribution in [1.29, 1.82) is 0 Å². The lowest BCUT2D eigenvalue weighted by molar-refractivity contribution is -0.167. The van der Waals surface area contributed by atoms with Gasteiger partial charge in [0.2, 0.25) is 0 Å². The third-order valence-electron chi connectivity index (χ3n) is 12.7. The van der Waals surface area contributed by atoms with E-state index in [2.05, 4.69) is 34.6 Å². The largest absolute Gasteiger partial charge is 0.462 e. The van der Waals surface area contributed by atoms with Crippen LogP contribution in [0.1, 0.15) is 291 Å². The van der Waals surface area contributed by atoms with Gasteiger partial charge < -0.3 is 14.2 Å². The molecule has 0 radical (unpaired) electrons. The fraction of sp³-hybridized carbons (Fsp3) is 0.943. The van der Waals surface area contributed by atoms with Crippen LogP contribution in [-0.2, 0) is 28.6 Å². The first-order valence-corrected chi connectivity index (χ1v) is 26.3. The van der Waals surface area contributed by atoms with Gasteiger partial charge in [-0.3, -0.25) is 14.4 Å². The lowest BCUT2D eigenvalue weighted by Gasteiger charge is -2.18. The molecule has 59 heavy (non-hydrogen) atoms. The molecule has 0 bridgehead atoms. The first-order valence-electron chi connectivity index (χ1n) is 26.3. The number of hydrogen-bond acceptors (Lipinski definition) is 6. The van der Waals surface area contributed by atoms with Crippen LogP contribution in [0.25, 0.3) is 0 Å². The molecule has 350 valence electrons. The molecule has 2 unspecified atom stereocenters. The van der Waals surface area contributed by atoms with Gasteiger partial charge in [-0.15, -0.1) is 0 Å². The normalized spacial score (nSPS) is 13.0. The molecule has 0 aromatic carbocycles. The quantitative estimate of drug-likeness (QED) is 0.0345. The Labute approximate surface area is 368 Å². The SMILES string of the molecule is CCCCCCCC(=O)OC[C@H](COC(=O)CCCCCCCCCCCCC(C)CC)OC(=O)CCCCCCCCCCCCCCCCCCCCC(C)CC. The van der Waals surface area contributed by atoms with Gasteiger partial charge in [0, 0.05) is 19.3 Å². The number of rotatable bonds is 47. The van der Waals surface area contributed by atoms with Crippen LogP contribution in [0.3, 0.4) is 0 Å². The number of hydrogen-bond donors (Lipinski definition) is 0. The molecule has 0 N–H and O–H groups in total. The average Bonchev–Trinajstić information content (AvgIpc) is 3.23. The molecule has 0 spiro atoms. The Balaban J connectivity index is 4.07. The number of unbranched alkanes of at least 4 members (excludes halogenated alkanes) is 30. The van der Waals surface area contributed by atoms with E-state index >= 15 is 0 Å². The van der Waals surface area contributed by atoms with E-state index in [1.54, 1.807) is 0 Å². The van der Waals surface area contributed by atoms with E-state index < -0.39 is 6.10 Å². The Kier molecular flexibility index (Phi) is 44.7. The summed E-state index contributed by atoms with van der Waals surface area (Å²) in [6.45, 7) is 11.4. The van der Waals surface area contributed by atoms with Crippen LogP contribution >= 0.6 is 0 Å². The smallest absolute Gasteiger partial charge is 0.306 e. The van der Waals surface area contributed by atoms with E-state index in [0.29, 0.717) is 19.3 Å². The summed E-state index contributed by atoms with van der Waals surface area (Å²) in [6, 6.07) is 0. The lowest BCUT2D eigenvalue weighted by atomic mass is 9.99. The molecule has 0 saturated heterocycles. The van der Waals surface area contributed by atoms with Gasteiger partial charge in [0.15, 0.2) is 6.10 Å². The van der Waals surface area contributed by atoms with Gasteiger partial charge in [-0.2, -0.15) is 0 Å². The molecule has 0 heterocycles. The summed E-state index contributed by atoms with van der Waals surface area (Å²) in [4.78, 5) is 37.6. The van der Waals surface area contributed by atoms with Gasteiger partial charge in [0.05, 0.1) is 0 Å². The minimum Gasteiger partial charge on any atom is -0.462 e. The zero-order chi connectivity index (χ0) is 43.3. The van der Waals surface area contributed by atoms with Crippen LogP contribution in [0.2, 0.25) is 0 Å². The van der Waals surface area contributed by atoms with E-state index in [1.165, 1.54) is 173 Å². The summed E-state index contributed by atoms with van der Waals surface area (Å²) in [5, 5.41) is 0. The molecule has 0 aliphatic carbocycles. The Morgan fingerprint density at radius 1 is 0.339 bits per heavy atom. The first-order chi connectivity index (χ1) is 28.8. The Hall–Kier alpha value is -1.59. The molecule has 3 atom stereocenters. The van der Waals surface area contributed by atoms with Crippen LogP contribution in [-0.4, -0.2) is 37.2 Å². The van der Waals surface area contributed by atoms with Crippen molar-refractivity contribution >= 4 is 17.9 Å². The molecule has 0 fully saturated rings. The second-order valence-corrected chi connectivity index (χ2v) is 18.6. The summed E-state index contributed by atoms with van der Waals surface area (Å²) < 4.78 is 16.7. The first kappa shape index (κ1) is 57.4. The van der Waals surface area contributed by atoms with Gasteiger partial charge in [-0.1, -0.05) is 253 Å². The minimum absolute atomic E-state index is 0.0649. The average molecular weight is 835 g/mol. The fourth-order valence-electron chi connectivity index (χ4n) is 7.93. The molecule has 0 amide bonds. The summed E-state index contributed by atoms with van der Waals surface area (Å²) in [6.07, 6.45) is 46.9. The highest BCUT2D eigenvalue weighted by atomic mass is 16.6. The van der Waals surface area contributed by atoms with Crippen molar-refractivity contribution in [3.05, 3.63) is 0 Å². The Morgan fingerprint density at radius 2 is 0.593 bits per heavy atom. The van der Waals surface area contributed by atoms with Gasteiger partial charge in [-0.25, -0.2) is 0 Å². The monoisotopic (exact) mass is 835 g/mol. The molecule has 6 heteroatoms. The van der Waals surface area contributed by atoms with Crippen molar-refractivity contribution in [2.75, 3.05) is 13.2 Å². The standard InChI is InChI=1S/C53H102O6/c1-6-9-10-31-38-43-51(54)57-46-50(47-58-52(55)44-39-34-29-25-22-21-24-28-33-37-42-49(5)8-3)59-53(56)45-40-35-30-26-20-18-16-14-12-11-13-15-17-19-23-27-32-36-41-48(4)7-2/h48-50H,6-47H2,1-5H3/t48?,49?,50-/m1/s1. The van der Waals surface area contributed by atoms with Gasteiger partial charge >= 0.3 is 17.9 Å². The molecular formula is C53H102O6. The van der Waals surface area contributed by atoms with Gasteiger partial charge in [0.25, 0.3) is 0 Å². The zero-order valence-corrected chi connectivity index (χ0v) is 40.4. The highest BCUT2D eigenvalue weighted by Gasteiger charge is 2.19. The molecule has 0 aromatic rings. The van der Waals surface area contributed by atoms with Crippen LogP contribution in [0.15, 0.2) is 0 Å². The molecule has 0 aliphatic rings. The van der Waals surface area contributed by atoms with E-state index in [-0.39, 0.29) is 31.1 Å². The Bertz CT molecular complexity index is 904. The predicted octanol–water partition coefficient (Wildman–Crippen LogP) is 16.9. The van der Waals surface area contributed by atoms with Crippen LogP contribution in [0.4, 0.5) is 0 Å². The third-order valence-corrected chi connectivity index (χ3v) is 12.7. The van der Waals surface area contributed by atoms with E-state index in [4.69, 9.17) is 14.2 Å². The molecule has 0 saturated carbocycles. The Morgan fingerprint density at radius 3 is 0.881 bits per heavy atom. The lowest BCUT2D eigenvalue weighted by Crippen LogP contribution is -2.30. The highest BCUT2D eigenvalue weighted by Crippen LogP contribution is 2.18. The molecule has 6 nitrogen and oxygen atoms in total. The van der Waals surface area contributed by atoms with E-state index in [9.17, 15) is 14.4 Å².